The summed E-state index contributed by atoms with van der Waals surface area (Å²) in [6.45, 7) is 6.79. The molecule has 5 heteroatoms. The smallest absolute Gasteiger partial charge is 0.174 e. The normalized spacial score (nSPS) is 12.5. The Morgan fingerprint density at radius 3 is 2.81 bits per heavy atom. The molecule has 0 radical (unpaired) electrons. The minimum atomic E-state index is 0.153. The molecule has 0 saturated heterocycles. The molecule has 0 fully saturated rings. The molecule has 3 aromatic rings. The number of thioether (sulfide) groups is 1. The van der Waals surface area contributed by atoms with Crippen molar-refractivity contribution < 1.29 is 9.53 Å². The fraction of sp³-hybridized carbons (Fsp3) is 0.333. The summed E-state index contributed by atoms with van der Waals surface area (Å²) in [6.07, 6.45) is 1.80. The molecule has 26 heavy (non-hydrogen) atoms. The number of aryl methyl sites for hydroxylation is 1. The molecule has 0 aliphatic rings. The summed E-state index contributed by atoms with van der Waals surface area (Å²) in [7, 11) is 1.70. The lowest BCUT2D eigenvalue weighted by atomic mass is 10.2. The topological polar surface area (TPSA) is 44.1 Å². The monoisotopic (exact) mass is 368 g/mol. The number of carbonyl (C=O) groups excluding carboxylic acids is 1. The van der Waals surface area contributed by atoms with Crippen LogP contribution < -0.4 is 0 Å². The molecule has 1 aromatic carbocycles. The number of fused-ring (bicyclic) bond motifs is 1. The van der Waals surface area contributed by atoms with E-state index in [-0.39, 0.29) is 11.8 Å². The highest BCUT2D eigenvalue weighted by atomic mass is 32.2. The van der Waals surface area contributed by atoms with E-state index in [1.807, 2.05) is 50.2 Å². The largest absolute Gasteiger partial charge is 0.383 e. The van der Waals surface area contributed by atoms with Gasteiger partial charge in [-0.2, -0.15) is 0 Å². The van der Waals surface area contributed by atoms with Crippen molar-refractivity contribution in [3.05, 3.63) is 59.5 Å². The van der Waals surface area contributed by atoms with Crippen molar-refractivity contribution >= 4 is 28.4 Å². The SMILES string of the molecule is COCC(C)n1c(C)cc(C(=O)CSc2ccnc3ccccc23)c1C. The van der Waals surface area contributed by atoms with Gasteiger partial charge in [0, 0.05) is 40.5 Å². The Morgan fingerprint density at radius 1 is 1.27 bits per heavy atom. The van der Waals surface area contributed by atoms with Gasteiger partial charge in [-0.25, -0.2) is 0 Å². The van der Waals surface area contributed by atoms with Crippen LogP contribution in [0.3, 0.4) is 0 Å². The number of pyridine rings is 1. The molecule has 0 amide bonds. The first kappa shape index (κ1) is 18.7. The van der Waals surface area contributed by atoms with Gasteiger partial charge in [-0.15, -0.1) is 11.8 Å². The molecule has 0 N–H and O–H groups in total. The van der Waals surface area contributed by atoms with Crippen molar-refractivity contribution in [1.29, 1.82) is 0 Å². The predicted molar refractivity (Wildman–Crippen MR) is 107 cm³/mol. The first-order valence-electron chi connectivity index (χ1n) is 8.70. The molecule has 0 aliphatic carbocycles. The zero-order chi connectivity index (χ0) is 18.7. The van der Waals surface area contributed by atoms with E-state index in [1.165, 1.54) is 0 Å². The van der Waals surface area contributed by atoms with Gasteiger partial charge in [0.05, 0.1) is 23.9 Å². The van der Waals surface area contributed by atoms with Crippen molar-refractivity contribution in [2.24, 2.45) is 0 Å². The van der Waals surface area contributed by atoms with Crippen molar-refractivity contribution in [3.8, 4) is 0 Å². The van der Waals surface area contributed by atoms with E-state index in [9.17, 15) is 4.79 Å². The van der Waals surface area contributed by atoms with E-state index >= 15 is 0 Å². The lowest BCUT2D eigenvalue weighted by molar-refractivity contribution is 0.102. The molecule has 1 atom stereocenters. The fourth-order valence-electron chi connectivity index (χ4n) is 3.47. The summed E-state index contributed by atoms with van der Waals surface area (Å²) in [6, 6.07) is 12.2. The molecular weight excluding hydrogens is 344 g/mol. The standard InChI is InChI=1S/C21H24N2O2S/c1-14-11-18(16(3)23(14)15(2)12-25-4)20(24)13-26-21-9-10-22-19-8-6-5-7-17(19)21/h5-11,15H,12-13H2,1-4H3. The molecule has 3 rings (SSSR count). The van der Waals surface area contributed by atoms with Crippen LogP contribution in [-0.4, -0.2) is 34.8 Å². The number of nitrogens with zero attached hydrogens (tertiary/aromatic N) is 2. The highest BCUT2D eigenvalue weighted by Gasteiger charge is 2.19. The van der Waals surface area contributed by atoms with Crippen molar-refractivity contribution in [3.63, 3.8) is 0 Å². The number of hydrogen-bond acceptors (Lipinski definition) is 4. The summed E-state index contributed by atoms with van der Waals surface area (Å²) in [5, 5.41) is 1.09. The number of methoxy groups -OCH3 is 1. The van der Waals surface area contributed by atoms with Gasteiger partial charge in [0.25, 0.3) is 0 Å². The summed E-state index contributed by atoms with van der Waals surface area (Å²) in [5.74, 6) is 0.566. The quantitative estimate of drug-likeness (QED) is 0.442. The van der Waals surface area contributed by atoms with Gasteiger partial charge in [0.15, 0.2) is 5.78 Å². The molecule has 1 unspecified atom stereocenters. The molecule has 0 saturated carbocycles. The van der Waals surface area contributed by atoms with E-state index in [0.29, 0.717) is 12.4 Å². The minimum absolute atomic E-state index is 0.153. The summed E-state index contributed by atoms with van der Waals surface area (Å²) < 4.78 is 7.45. The van der Waals surface area contributed by atoms with Crippen LogP contribution in [0.2, 0.25) is 0 Å². The van der Waals surface area contributed by atoms with Gasteiger partial charge in [-0.3, -0.25) is 9.78 Å². The lowest BCUT2D eigenvalue weighted by Crippen LogP contribution is -2.14. The predicted octanol–water partition coefficient (Wildman–Crippen LogP) is 4.84. The van der Waals surface area contributed by atoms with E-state index in [1.54, 1.807) is 25.1 Å². The zero-order valence-corrected chi connectivity index (χ0v) is 16.5. The van der Waals surface area contributed by atoms with Crippen LogP contribution in [-0.2, 0) is 4.74 Å². The van der Waals surface area contributed by atoms with Crippen LogP contribution in [0.25, 0.3) is 10.9 Å². The van der Waals surface area contributed by atoms with Crippen LogP contribution in [0.5, 0.6) is 0 Å². The van der Waals surface area contributed by atoms with Crippen LogP contribution >= 0.6 is 11.8 Å². The van der Waals surface area contributed by atoms with E-state index in [0.717, 1.165) is 32.7 Å². The number of carbonyl (C=O) groups is 1. The van der Waals surface area contributed by atoms with Crippen molar-refractivity contribution in [2.75, 3.05) is 19.5 Å². The average molecular weight is 369 g/mol. The van der Waals surface area contributed by atoms with E-state index < -0.39 is 0 Å². The van der Waals surface area contributed by atoms with Gasteiger partial charge < -0.3 is 9.30 Å². The maximum Gasteiger partial charge on any atom is 0.174 e. The Labute approximate surface area is 158 Å². The third-order valence-electron chi connectivity index (χ3n) is 4.60. The Bertz CT molecular complexity index is 928. The molecule has 2 aromatic heterocycles. The number of rotatable bonds is 7. The van der Waals surface area contributed by atoms with E-state index in [2.05, 4.69) is 16.5 Å². The van der Waals surface area contributed by atoms with Gasteiger partial charge >= 0.3 is 0 Å². The molecule has 0 bridgehead atoms. The fourth-order valence-corrected chi connectivity index (χ4v) is 4.40. The number of ether oxygens (including phenoxy) is 1. The second-order valence-corrected chi connectivity index (χ2v) is 7.51. The Kier molecular flexibility index (Phi) is 5.79. The maximum absolute atomic E-state index is 12.8. The molecule has 136 valence electrons. The lowest BCUT2D eigenvalue weighted by Gasteiger charge is -2.17. The molecular formula is C21H24N2O2S. The number of hydrogen-bond donors (Lipinski definition) is 0. The van der Waals surface area contributed by atoms with Crippen LogP contribution in [0.1, 0.15) is 34.7 Å². The van der Waals surface area contributed by atoms with Gasteiger partial charge in [0.1, 0.15) is 0 Å². The van der Waals surface area contributed by atoms with Crippen LogP contribution in [0.15, 0.2) is 47.5 Å². The highest BCUT2D eigenvalue weighted by molar-refractivity contribution is 8.00. The van der Waals surface area contributed by atoms with E-state index in [4.69, 9.17) is 4.74 Å². The number of benzene rings is 1. The Morgan fingerprint density at radius 2 is 2.04 bits per heavy atom. The third kappa shape index (κ3) is 3.69. The number of ketones is 1. The second-order valence-electron chi connectivity index (χ2n) is 6.50. The van der Waals surface area contributed by atoms with Crippen molar-refractivity contribution in [2.45, 2.75) is 31.7 Å². The second kappa shape index (κ2) is 8.06. The highest BCUT2D eigenvalue weighted by Crippen LogP contribution is 2.28. The first-order valence-corrected chi connectivity index (χ1v) is 9.68. The number of para-hydroxylation sites is 1. The molecule has 0 aliphatic heterocycles. The van der Waals surface area contributed by atoms with Gasteiger partial charge in [-0.05, 0) is 39.0 Å². The van der Waals surface area contributed by atoms with Gasteiger partial charge in [-0.1, -0.05) is 18.2 Å². The minimum Gasteiger partial charge on any atom is -0.383 e. The Balaban J connectivity index is 1.79. The van der Waals surface area contributed by atoms with Gasteiger partial charge in [0.2, 0.25) is 0 Å². The summed E-state index contributed by atoms with van der Waals surface area (Å²) >= 11 is 1.57. The van der Waals surface area contributed by atoms with Crippen molar-refractivity contribution in [1.82, 2.24) is 9.55 Å². The first-order chi connectivity index (χ1) is 12.5. The molecule has 2 heterocycles. The molecule has 4 nitrogen and oxygen atoms in total. The average Bonchev–Trinajstić information content (AvgIpc) is 2.94. The Hall–Kier alpha value is -2.11. The number of Topliss-reactive ketones (excluding diaryl/α,β-unsaturated/α-hetero) is 1. The summed E-state index contributed by atoms with van der Waals surface area (Å²) in [5.41, 5.74) is 3.86. The molecule has 0 spiro atoms. The zero-order valence-electron chi connectivity index (χ0n) is 15.7. The van der Waals surface area contributed by atoms with Crippen LogP contribution in [0.4, 0.5) is 0 Å². The third-order valence-corrected chi connectivity index (χ3v) is 5.67. The van der Waals surface area contributed by atoms with Crippen LogP contribution in [0, 0.1) is 13.8 Å². The summed E-state index contributed by atoms with van der Waals surface area (Å²) in [4.78, 5) is 18.3. The number of aromatic nitrogens is 2. The maximum atomic E-state index is 12.8.